The number of para-hydroxylation sites is 1. The monoisotopic (exact) mass is 331 g/mol. The summed E-state index contributed by atoms with van der Waals surface area (Å²) >= 11 is 1.99. The number of benzene rings is 3. The standard InChI is InChI=1S/C22H21NS/c1-3-9-18(10-4-1)15-20-17-24-22-14-8-7-13-21(22)23(20)16-19-11-5-2-6-12-19/h1-14,20H,15-17H2/t20-/m0/s1. The lowest BCUT2D eigenvalue weighted by atomic mass is 10.0. The first-order valence-electron chi connectivity index (χ1n) is 8.46. The molecule has 0 fully saturated rings. The zero-order valence-electron chi connectivity index (χ0n) is 13.6. The van der Waals surface area contributed by atoms with Crippen molar-refractivity contribution in [3.05, 3.63) is 96.1 Å². The number of hydrogen-bond acceptors (Lipinski definition) is 2. The second-order valence-corrected chi connectivity index (χ2v) is 7.30. The van der Waals surface area contributed by atoms with Crippen LogP contribution < -0.4 is 4.90 Å². The van der Waals surface area contributed by atoms with Gasteiger partial charge in [-0.3, -0.25) is 0 Å². The summed E-state index contributed by atoms with van der Waals surface area (Å²) in [6.07, 6.45) is 1.09. The van der Waals surface area contributed by atoms with E-state index < -0.39 is 0 Å². The van der Waals surface area contributed by atoms with Crippen LogP contribution in [-0.4, -0.2) is 11.8 Å². The number of thioether (sulfide) groups is 1. The summed E-state index contributed by atoms with van der Waals surface area (Å²) in [7, 11) is 0. The average Bonchev–Trinajstić information content (AvgIpc) is 2.65. The molecule has 0 bridgehead atoms. The van der Waals surface area contributed by atoms with E-state index >= 15 is 0 Å². The van der Waals surface area contributed by atoms with Crippen molar-refractivity contribution in [3.8, 4) is 0 Å². The SMILES string of the molecule is c1ccc(C[C@H]2CSc3ccccc3N2Cc2ccccc2)cc1. The molecule has 3 aromatic rings. The van der Waals surface area contributed by atoms with Crippen molar-refractivity contribution in [1.29, 1.82) is 0 Å². The summed E-state index contributed by atoms with van der Waals surface area (Å²) in [6, 6.07) is 31.0. The number of nitrogens with zero attached hydrogens (tertiary/aromatic N) is 1. The minimum Gasteiger partial charge on any atom is -0.362 e. The van der Waals surface area contributed by atoms with Crippen molar-refractivity contribution in [3.63, 3.8) is 0 Å². The van der Waals surface area contributed by atoms with Crippen molar-refractivity contribution in [2.75, 3.05) is 10.7 Å². The Bertz CT molecular complexity index is 785. The lowest BCUT2D eigenvalue weighted by molar-refractivity contribution is 0.625. The minimum atomic E-state index is 0.521. The first-order chi connectivity index (χ1) is 11.9. The van der Waals surface area contributed by atoms with Gasteiger partial charge < -0.3 is 4.90 Å². The molecule has 0 radical (unpaired) electrons. The van der Waals surface area contributed by atoms with Crippen LogP contribution in [-0.2, 0) is 13.0 Å². The summed E-state index contributed by atoms with van der Waals surface area (Å²) in [4.78, 5) is 3.99. The molecule has 0 aliphatic carbocycles. The molecule has 4 rings (SSSR count). The molecule has 0 N–H and O–H groups in total. The molecule has 1 atom stereocenters. The highest BCUT2D eigenvalue weighted by atomic mass is 32.2. The molecule has 0 saturated heterocycles. The summed E-state index contributed by atoms with van der Waals surface area (Å²) < 4.78 is 0. The van der Waals surface area contributed by atoms with Crippen LogP contribution in [0.4, 0.5) is 5.69 Å². The third kappa shape index (κ3) is 3.34. The normalized spacial score (nSPS) is 16.7. The van der Waals surface area contributed by atoms with Crippen LogP contribution in [0.3, 0.4) is 0 Å². The van der Waals surface area contributed by atoms with Gasteiger partial charge >= 0.3 is 0 Å². The fourth-order valence-corrected chi connectivity index (χ4v) is 4.52. The largest absolute Gasteiger partial charge is 0.362 e. The summed E-state index contributed by atoms with van der Waals surface area (Å²) in [6.45, 7) is 0.968. The summed E-state index contributed by atoms with van der Waals surface area (Å²) in [5.74, 6) is 1.14. The molecular formula is C22H21NS. The van der Waals surface area contributed by atoms with Crippen LogP contribution in [0.25, 0.3) is 0 Å². The van der Waals surface area contributed by atoms with Gasteiger partial charge in [-0.15, -0.1) is 11.8 Å². The van der Waals surface area contributed by atoms with Gasteiger partial charge in [-0.05, 0) is 29.7 Å². The van der Waals surface area contributed by atoms with Gasteiger partial charge in [0.1, 0.15) is 0 Å². The molecule has 1 aliphatic heterocycles. The molecule has 0 aromatic heterocycles. The van der Waals surface area contributed by atoms with E-state index in [9.17, 15) is 0 Å². The number of hydrogen-bond donors (Lipinski definition) is 0. The smallest absolute Gasteiger partial charge is 0.0510 e. The van der Waals surface area contributed by atoms with Gasteiger partial charge in [-0.25, -0.2) is 0 Å². The molecule has 2 heteroatoms. The Kier molecular flexibility index (Phi) is 4.57. The van der Waals surface area contributed by atoms with Crippen LogP contribution in [0.1, 0.15) is 11.1 Å². The van der Waals surface area contributed by atoms with Crippen molar-refractivity contribution < 1.29 is 0 Å². The van der Waals surface area contributed by atoms with Crippen molar-refractivity contribution in [2.24, 2.45) is 0 Å². The van der Waals surface area contributed by atoms with Gasteiger partial charge in [0.2, 0.25) is 0 Å². The number of anilines is 1. The van der Waals surface area contributed by atoms with Gasteiger partial charge in [-0.1, -0.05) is 72.8 Å². The van der Waals surface area contributed by atoms with E-state index in [1.165, 1.54) is 21.7 Å². The van der Waals surface area contributed by atoms with E-state index in [0.717, 1.165) is 18.7 Å². The van der Waals surface area contributed by atoms with Crippen LogP contribution in [0, 0.1) is 0 Å². The number of rotatable bonds is 4. The minimum absolute atomic E-state index is 0.521. The second kappa shape index (κ2) is 7.14. The van der Waals surface area contributed by atoms with Crippen LogP contribution in [0.2, 0.25) is 0 Å². The molecule has 1 nitrogen and oxygen atoms in total. The zero-order chi connectivity index (χ0) is 16.2. The Morgan fingerprint density at radius 3 is 2.12 bits per heavy atom. The van der Waals surface area contributed by atoms with E-state index in [2.05, 4.69) is 89.8 Å². The fourth-order valence-electron chi connectivity index (χ4n) is 3.34. The Labute approximate surface area is 148 Å². The second-order valence-electron chi connectivity index (χ2n) is 6.24. The molecule has 0 saturated carbocycles. The molecule has 1 aliphatic rings. The summed E-state index contributed by atoms with van der Waals surface area (Å²) in [5, 5.41) is 0. The van der Waals surface area contributed by atoms with Crippen molar-refractivity contribution >= 4 is 17.4 Å². The van der Waals surface area contributed by atoms with E-state index in [4.69, 9.17) is 0 Å². The Morgan fingerprint density at radius 1 is 0.750 bits per heavy atom. The number of fused-ring (bicyclic) bond motifs is 1. The third-order valence-electron chi connectivity index (χ3n) is 4.56. The molecule has 24 heavy (non-hydrogen) atoms. The highest BCUT2D eigenvalue weighted by Gasteiger charge is 2.26. The maximum atomic E-state index is 2.59. The molecule has 1 heterocycles. The van der Waals surface area contributed by atoms with Gasteiger partial charge in [0.25, 0.3) is 0 Å². The molecule has 0 unspecified atom stereocenters. The quantitative estimate of drug-likeness (QED) is 0.629. The highest BCUT2D eigenvalue weighted by Crippen LogP contribution is 2.39. The first-order valence-corrected chi connectivity index (χ1v) is 9.45. The van der Waals surface area contributed by atoms with Gasteiger partial charge in [0.15, 0.2) is 0 Å². The lowest BCUT2D eigenvalue weighted by Crippen LogP contribution is -2.41. The van der Waals surface area contributed by atoms with Crippen LogP contribution in [0.5, 0.6) is 0 Å². The lowest BCUT2D eigenvalue weighted by Gasteiger charge is -2.39. The Morgan fingerprint density at radius 2 is 1.38 bits per heavy atom. The fraction of sp³-hybridized carbons (Fsp3) is 0.182. The molecule has 120 valence electrons. The predicted molar refractivity (Wildman–Crippen MR) is 104 cm³/mol. The van der Waals surface area contributed by atoms with Crippen molar-refractivity contribution in [1.82, 2.24) is 0 Å². The van der Waals surface area contributed by atoms with Gasteiger partial charge in [0.05, 0.1) is 5.69 Å². The van der Waals surface area contributed by atoms with Crippen LogP contribution >= 0.6 is 11.8 Å². The third-order valence-corrected chi connectivity index (χ3v) is 5.76. The average molecular weight is 331 g/mol. The van der Waals surface area contributed by atoms with Gasteiger partial charge in [0, 0.05) is 23.2 Å². The topological polar surface area (TPSA) is 3.24 Å². The van der Waals surface area contributed by atoms with E-state index in [1.807, 2.05) is 11.8 Å². The Balaban J connectivity index is 1.65. The Hall–Kier alpha value is -2.19. The molecular weight excluding hydrogens is 310 g/mol. The molecule has 0 amide bonds. The molecule has 0 spiro atoms. The first kappa shape index (κ1) is 15.3. The van der Waals surface area contributed by atoms with Crippen molar-refractivity contribution in [2.45, 2.75) is 23.9 Å². The molecule has 3 aromatic carbocycles. The maximum absolute atomic E-state index is 2.59. The summed E-state index contributed by atoms with van der Waals surface area (Å²) in [5.41, 5.74) is 4.16. The highest BCUT2D eigenvalue weighted by molar-refractivity contribution is 7.99. The van der Waals surface area contributed by atoms with E-state index in [1.54, 1.807) is 0 Å². The van der Waals surface area contributed by atoms with E-state index in [0.29, 0.717) is 6.04 Å². The predicted octanol–water partition coefficient (Wildman–Crippen LogP) is 5.41. The van der Waals surface area contributed by atoms with Gasteiger partial charge in [-0.2, -0.15) is 0 Å². The zero-order valence-corrected chi connectivity index (χ0v) is 14.5. The van der Waals surface area contributed by atoms with Crippen LogP contribution in [0.15, 0.2) is 89.8 Å². The maximum Gasteiger partial charge on any atom is 0.0510 e. The van der Waals surface area contributed by atoms with E-state index in [-0.39, 0.29) is 0 Å².